The van der Waals surface area contributed by atoms with E-state index in [-0.39, 0.29) is 5.91 Å². The van der Waals surface area contributed by atoms with E-state index in [1.165, 1.54) is 24.0 Å². The molecule has 1 aromatic rings. The zero-order chi connectivity index (χ0) is 20.4. The molecule has 1 N–H and O–H groups in total. The minimum absolute atomic E-state index is 0.00971. The fourth-order valence-electron chi connectivity index (χ4n) is 3.53. The van der Waals surface area contributed by atoms with Gasteiger partial charge in [-0.25, -0.2) is 0 Å². The lowest BCUT2D eigenvalue weighted by atomic mass is 10.1. The van der Waals surface area contributed by atoms with Gasteiger partial charge in [-0.05, 0) is 89.9 Å². The molecule has 1 aliphatic rings. The second-order valence-electron chi connectivity index (χ2n) is 7.84. The van der Waals surface area contributed by atoms with Gasteiger partial charge in [0.1, 0.15) is 12.4 Å². The summed E-state index contributed by atoms with van der Waals surface area (Å²) in [6, 6.07) is 7.89. The van der Waals surface area contributed by atoms with E-state index in [0.717, 1.165) is 38.2 Å². The first-order chi connectivity index (χ1) is 13.5. The van der Waals surface area contributed by atoms with Crippen molar-refractivity contribution in [2.24, 2.45) is 0 Å². The van der Waals surface area contributed by atoms with Crippen molar-refractivity contribution in [3.05, 3.63) is 53.1 Å². The molecule has 0 aliphatic carbocycles. The number of amides is 1. The number of hydrogen-bond donors (Lipinski definition) is 1. The molecule has 1 fully saturated rings. The molecule has 1 aromatic carbocycles. The highest BCUT2D eigenvalue weighted by molar-refractivity contribution is 5.94. The Kier molecular flexibility index (Phi) is 9.29. The Morgan fingerprint density at radius 3 is 2.64 bits per heavy atom. The number of benzene rings is 1. The van der Waals surface area contributed by atoms with Gasteiger partial charge in [-0.1, -0.05) is 24.1 Å². The van der Waals surface area contributed by atoms with Gasteiger partial charge in [-0.3, -0.25) is 9.69 Å². The summed E-state index contributed by atoms with van der Waals surface area (Å²) in [4.78, 5) is 14.8. The van der Waals surface area contributed by atoms with Crippen LogP contribution in [0, 0.1) is 0 Å². The lowest BCUT2D eigenvalue weighted by molar-refractivity contribution is 0.0941. The van der Waals surface area contributed by atoms with Gasteiger partial charge in [-0.15, -0.1) is 0 Å². The molecule has 1 saturated heterocycles. The van der Waals surface area contributed by atoms with E-state index in [2.05, 4.69) is 50.1 Å². The number of hydrogen-bond acceptors (Lipinski definition) is 3. The van der Waals surface area contributed by atoms with Crippen molar-refractivity contribution >= 4 is 5.91 Å². The van der Waals surface area contributed by atoms with Crippen LogP contribution in [0.2, 0.25) is 0 Å². The smallest absolute Gasteiger partial charge is 0.251 e. The Bertz CT molecular complexity index is 672. The van der Waals surface area contributed by atoms with E-state index in [1.54, 1.807) is 0 Å². The third-order valence-electron chi connectivity index (χ3n) is 5.29. The first-order valence-electron chi connectivity index (χ1n) is 10.5. The molecule has 28 heavy (non-hydrogen) atoms. The fraction of sp³-hybridized carbons (Fsp3) is 0.542. The number of rotatable bonds is 10. The quantitative estimate of drug-likeness (QED) is 0.579. The monoisotopic (exact) mass is 384 g/mol. The summed E-state index contributed by atoms with van der Waals surface area (Å²) < 4.78 is 5.78. The highest BCUT2D eigenvalue weighted by atomic mass is 16.5. The average Bonchev–Trinajstić information content (AvgIpc) is 3.14. The third kappa shape index (κ3) is 7.51. The van der Waals surface area contributed by atoms with E-state index in [4.69, 9.17) is 4.74 Å². The van der Waals surface area contributed by atoms with Crippen LogP contribution in [0.25, 0.3) is 0 Å². The Labute approximate surface area is 170 Å². The zero-order valence-corrected chi connectivity index (χ0v) is 18.0. The summed E-state index contributed by atoms with van der Waals surface area (Å²) in [5, 5.41) is 3.07. The molecule has 0 aromatic heterocycles. The lowest BCUT2D eigenvalue weighted by Crippen LogP contribution is -2.40. The molecule has 2 rings (SSSR count). The Balaban J connectivity index is 1.74. The van der Waals surface area contributed by atoms with Gasteiger partial charge in [0.25, 0.3) is 5.91 Å². The summed E-state index contributed by atoms with van der Waals surface area (Å²) in [6.07, 6.45) is 8.91. The van der Waals surface area contributed by atoms with Crippen molar-refractivity contribution in [3.8, 4) is 5.75 Å². The Morgan fingerprint density at radius 1 is 1.21 bits per heavy atom. The molecule has 0 bridgehead atoms. The maximum Gasteiger partial charge on any atom is 0.251 e. The number of likely N-dealkylation sites (N-methyl/N-ethyl adjacent to an activating group) is 1. The molecule has 0 spiro atoms. The third-order valence-corrected chi connectivity index (χ3v) is 5.29. The molecule has 1 unspecified atom stereocenters. The lowest BCUT2D eigenvalue weighted by Gasteiger charge is -2.22. The molecule has 154 valence electrons. The SMILES string of the molecule is CCN1CCCC1CNC(=O)c1ccc(OC/C=C(\C)CCC=C(C)C)cc1. The molecule has 0 saturated carbocycles. The van der Waals surface area contributed by atoms with Crippen molar-refractivity contribution in [1.29, 1.82) is 0 Å². The molecule has 0 radical (unpaired) electrons. The van der Waals surface area contributed by atoms with Crippen LogP contribution < -0.4 is 10.1 Å². The van der Waals surface area contributed by atoms with E-state index in [9.17, 15) is 4.79 Å². The van der Waals surface area contributed by atoms with Crippen LogP contribution in [0.3, 0.4) is 0 Å². The summed E-state index contributed by atoms with van der Waals surface area (Å²) in [5.74, 6) is 0.780. The van der Waals surface area contributed by atoms with Gasteiger partial charge >= 0.3 is 0 Å². The normalized spacial score (nSPS) is 17.4. The highest BCUT2D eigenvalue weighted by Gasteiger charge is 2.23. The second kappa shape index (κ2) is 11.7. The predicted molar refractivity (Wildman–Crippen MR) is 117 cm³/mol. The molecule has 1 aliphatic heterocycles. The van der Waals surface area contributed by atoms with Crippen LogP contribution in [0.15, 0.2) is 47.6 Å². The number of likely N-dealkylation sites (tertiary alicyclic amines) is 1. The topological polar surface area (TPSA) is 41.6 Å². The second-order valence-corrected chi connectivity index (χ2v) is 7.84. The zero-order valence-electron chi connectivity index (χ0n) is 18.0. The maximum absolute atomic E-state index is 12.4. The van der Waals surface area contributed by atoms with Crippen molar-refractivity contribution < 1.29 is 9.53 Å². The number of ether oxygens (including phenoxy) is 1. The first kappa shape index (κ1) is 22.2. The van der Waals surface area contributed by atoms with Crippen molar-refractivity contribution in [1.82, 2.24) is 10.2 Å². The van der Waals surface area contributed by atoms with Crippen LogP contribution >= 0.6 is 0 Å². The highest BCUT2D eigenvalue weighted by Crippen LogP contribution is 2.16. The molecule has 4 heteroatoms. The van der Waals surface area contributed by atoms with Crippen molar-refractivity contribution in [2.75, 3.05) is 26.2 Å². The first-order valence-corrected chi connectivity index (χ1v) is 10.5. The van der Waals surface area contributed by atoms with Gasteiger partial charge in [0.05, 0.1) is 0 Å². The van der Waals surface area contributed by atoms with Crippen LogP contribution in [-0.4, -0.2) is 43.1 Å². The Hall–Kier alpha value is -2.07. The van der Waals surface area contributed by atoms with Gasteiger partial charge in [-0.2, -0.15) is 0 Å². The fourth-order valence-corrected chi connectivity index (χ4v) is 3.53. The standard InChI is InChI=1S/C24H36N2O2/c1-5-26-16-7-10-22(26)18-25-24(27)21-11-13-23(14-12-21)28-17-15-20(4)9-6-8-19(2)3/h8,11-15,22H,5-7,9-10,16-18H2,1-4H3,(H,25,27)/b20-15+. The molecule has 1 atom stereocenters. The molecular weight excluding hydrogens is 348 g/mol. The summed E-state index contributed by atoms with van der Waals surface area (Å²) in [6.45, 7) is 12.0. The minimum Gasteiger partial charge on any atom is -0.490 e. The van der Waals surface area contributed by atoms with E-state index >= 15 is 0 Å². The van der Waals surface area contributed by atoms with Crippen LogP contribution in [-0.2, 0) is 0 Å². The largest absolute Gasteiger partial charge is 0.490 e. The summed E-state index contributed by atoms with van der Waals surface area (Å²) in [5.41, 5.74) is 3.38. The summed E-state index contributed by atoms with van der Waals surface area (Å²) in [7, 11) is 0. The van der Waals surface area contributed by atoms with E-state index in [1.807, 2.05) is 24.3 Å². The van der Waals surface area contributed by atoms with Crippen LogP contribution in [0.4, 0.5) is 0 Å². The number of carbonyl (C=O) groups is 1. The molecule has 1 amide bonds. The number of nitrogens with one attached hydrogen (secondary N) is 1. The van der Waals surface area contributed by atoms with Crippen LogP contribution in [0.5, 0.6) is 5.75 Å². The predicted octanol–water partition coefficient (Wildman–Crippen LogP) is 4.97. The van der Waals surface area contributed by atoms with Gasteiger partial charge in [0, 0.05) is 18.2 Å². The van der Waals surface area contributed by atoms with E-state index in [0.29, 0.717) is 18.2 Å². The number of nitrogens with zero attached hydrogens (tertiary/aromatic N) is 1. The molecule has 1 heterocycles. The molecule has 4 nitrogen and oxygen atoms in total. The van der Waals surface area contributed by atoms with Gasteiger partial charge in [0.2, 0.25) is 0 Å². The molecular formula is C24H36N2O2. The number of allylic oxidation sites excluding steroid dienone is 3. The van der Waals surface area contributed by atoms with Crippen LogP contribution in [0.1, 0.15) is 63.7 Å². The Morgan fingerprint density at radius 2 is 1.96 bits per heavy atom. The maximum atomic E-state index is 12.4. The summed E-state index contributed by atoms with van der Waals surface area (Å²) >= 11 is 0. The number of carbonyl (C=O) groups excluding carboxylic acids is 1. The van der Waals surface area contributed by atoms with Crippen molar-refractivity contribution in [3.63, 3.8) is 0 Å². The minimum atomic E-state index is -0.00971. The van der Waals surface area contributed by atoms with Crippen molar-refractivity contribution in [2.45, 2.75) is 59.4 Å². The average molecular weight is 385 g/mol. The van der Waals surface area contributed by atoms with Gasteiger partial charge < -0.3 is 10.1 Å². The van der Waals surface area contributed by atoms with Gasteiger partial charge in [0.15, 0.2) is 0 Å². The van der Waals surface area contributed by atoms with E-state index < -0.39 is 0 Å².